The van der Waals surface area contributed by atoms with E-state index in [1.165, 1.54) is 0 Å². The van der Waals surface area contributed by atoms with E-state index in [9.17, 15) is 4.79 Å². The third-order valence-electron chi connectivity index (χ3n) is 4.72. The largest absolute Gasteiger partial charge is 0.376 e. The smallest absolute Gasteiger partial charge is 0.253 e. The highest BCUT2D eigenvalue weighted by atomic mass is 16.5. The van der Waals surface area contributed by atoms with Gasteiger partial charge in [-0.25, -0.2) is 4.68 Å². The summed E-state index contributed by atoms with van der Waals surface area (Å²) in [5, 5.41) is 14.8. The summed E-state index contributed by atoms with van der Waals surface area (Å²) >= 11 is 0. The van der Waals surface area contributed by atoms with E-state index < -0.39 is 6.10 Å². The first kappa shape index (κ1) is 17.1. The van der Waals surface area contributed by atoms with Gasteiger partial charge in [-0.05, 0) is 67.3 Å². The molecule has 0 bridgehead atoms. The van der Waals surface area contributed by atoms with Crippen LogP contribution in [0.15, 0.2) is 24.3 Å². The molecule has 2 unspecified atom stereocenters. The van der Waals surface area contributed by atoms with Gasteiger partial charge in [0.2, 0.25) is 0 Å². The van der Waals surface area contributed by atoms with Crippen LogP contribution in [0.2, 0.25) is 0 Å². The molecule has 26 heavy (non-hydrogen) atoms. The van der Waals surface area contributed by atoms with Crippen LogP contribution >= 0.6 is 0 Å². The van der Waals surface area contributed by atoms with E-state index >= 15 is 0 Å². The normalized spacial score (nSPS) is 20.9. The standard InChI is InChI=1S/C18H23N5O3/c1-12(26-11-16-3-2-10-25-16)18(24)19-14-6-4-13(5-7-14)17-20-21-22-23(17)15-8-9-15/h4-7,12,15-16H,2-3,8-11H2,1H3,(H,19,24). The molecule has 1 aliphatic carbocycles. The first-order valence-electron chi connectivity index (χ1n) is 9.13. The van der Waals surface area contributed by atoms with Crippen molar-refractivity contribution in [1.82, 2.24) is 20.2 Å². The van der Waals surface area contributed by atoms with E-state index in [0.717, 1.165) is 49.4 Å². The number of tetrazole rings is 1. The highest BCUT2D eigenvalue weighted by molar-refractivity contribution is 5.94. The van der Waals surface area contributed by atoms with Crippen LogP contribution in [-0.4, -0.2) is 51.5 Å². The van der Waals surface area contributed by atoms with E-state index in [1.54, 1.807) is 6.92 Å². The van der Waals surface area contributed by atoms with Gasteiger partial charge in [-0.1, -0.05) is 0 Å². The van der Waals surface area contributed by atoms with Gasteiger partial charge in [0.1, 0.15) is 6.10 Å². The summed E-state index contributed by atoms with van der Waals surface area (Å²) < 4.78 is 13.0. The van der Waals surface area contributed by atoms with Crippen LogP contribution < -0.4 is 5.32 Å². The van der Waals surface area contributed by atoms with Gasteiger partial charge in [0.05, 0.1) is 18.8 Å². The highest BCUT2D eigenvalue weighted by Gasteiger charge is 2.28. The van der Waals surface area contributed by atoms with Gasteiger partial charge >= 0.3 is 0 Å². The molecule has 1 saturated carbocycles. The molecule has 1 amide bonds. The SMILES string of the molecule is CC(OCC1CCCO1)C(=O)Nc1ccc(-c2nnnn2C2CC2)cc1. The first-order valence-corrected chi connectivity index (χ1v) is 9.13. The third kappa shape index (κ3) is 3.91. The zero-order valence-corrected chi connectivity index (χ0v) is 14.8. The molecule has 2 heterocycles. The molecule has 1 saturated heterocycles. The number of carbonyl (C=O) groups excluding carboxylic acids is 1. The number of amides is 1. The summed E-state index contributed by atoms with van der Waals surface area (Å²) in [6.45, 7) is 2.99. The van der Waals surface area contributed by atoms with Gasteiger partial charge < -0.3 is 14.8 Å². The number of aromatic nitrogens is 4. The lowest BCUT2D eigenvalue weighted by Gasteiger charge is -2.16. The van der Waals surface area contributed by atoms with Crippen molar-refractivity contribution in [3.63, 3.8) is 0 Å². The summed E-state index contributed by atoms with van der Waals surface area (Å²) in [6, 6.07) is 7.95. The average Bonchev–Trinajstić information content (AvgIpc) is 3.16. The van der Waals surface area contributed by atoms with Crippen LogP contribution in [0.25, 0.3) is 11.4 Å². The predicted molar refractivity (Wildman–Crippen MR) is 94.5 cm³/mol. The van der Waals surface area contributed by atoms with Crippen molar-refractivity contribution in [2.75, 3.05) is 18.5 Å². The summed E-state index contributed by atoms with van der Waals surface area (Å²) in [5.41, 5.74) is 1.65. The number of nitrogens with zero attached hydrogens (tertiary/aromatic N) is 4. The van der Waals surface area contributed by atoms with Crippen molar-refractivity contribution in [2.45, 2.75) is 50.9 Å². The van der Waals surface area contributed by atoms with Gasteiger partial charge in [0.15, 0.2) is 5.82 Å². The quantitative estimate of drug-likeness (QED) is 0.817. The number of hydrogen-bond acceptors (Lipinski definition) is 6. The number of ether oxygens (including phenoxy) is 2. The molecule has 2 fully saturated rings. The minimum Gasteiger partial charge on any atom is -0.376 e. The zero-order valence-electron chi connectivity index (χ0n) is 14.8. The van der Waals surface area contributed by atoms with E-state index in [2.05, 4.69) is 20.8 Å². The van der Waals surface area contributed by atoms with Crippen molar-refractivity contribution in [3.05, 3.63) is 24.3 Å². The second kappa shape index (κ2) is 7.51. The Morgan fingerprint density at radius 1 is 1.35 bits per heavy atom. The van der Waals surface area contributed by atoms with Crippen molar-refractivity contribution < 1.29 is 14.3 Å². The van der Waals surface area contributed by atoms with Gasteiger partial charge in [-0.15, -0.1) is 5.10 Å². The van der Waals surface area contributed by atoms with Crippen LogP contribution in [0.5, 0.6) is 0 Å². The molecule has 1 aromatic heterocycles. The Morgan fingerprint density at radius 3 is 2.85 bits per heavy atom. The number of nitrogens with one attached hydrogen (secondary N) is 1. The van der Waals surface area contributed by atoms with Crippen molar-refractivity contribution in [2.24, 2.45) is 0 Å². The summed E-state index contributed by atoms with van der Waals surface area (Å²) in [7, 11) is 0. The molecule has 4 rings (SSSR count). The molecular formula is C18H23N5O3. The maximum absolute atomic E-state index is 12.3. The number of anilines is 1. The number of benzene rings is 1. The lowest BCUT2D eigenvalue weighted by Crippen LogP contribution is -2.30. The minimum atomic E-state index is -0.527. The molecule has 2 aliphatic rings. The molecule has 8 heteroatoms. The van der Waals surface area contributed by atoms with E-state index in [-0.39, 0.29) is 12.0 Å². The maximum Gasteiger partial charge on any atom is 0.253 e. The van der Waals surface area contributed by atoms with Crippen LogP contribution in [0.3, 0.4) is 0 Å². The average molecular weight is 357 g/mol. The fourth-order valence-electron chi connectivity index (χ4n) is 3.00. The highest BCUT2D eigenvalue weighted by Crippen LogP contribution is 2.36. The van der Waals surface area contributed by atoms with Crippen LogP contribution in [0.1, 0.15) is 38.6 Å². The molecule has 0 spiro atoms. The lowest BCUT2D eigenvalue weighted by atomic mass is 10.2. The Morgan fingerprint density at radius 2 is 2.15 bits per heavy atom. The molecular weight excluding hydrogens is 334 g/mol. The second-order valence-corrected chi connectivity index (χ2v) is 6.86. The zero-order chi connectivity index (χ0) is 17.9. The van der Waals surface area contributed by atoms with Crippen molar-refractivity contribution in [1.29, 1.82) is 0 Å². The van der Waals surface area contributed by atoms with E-state index in [0.29, 0.717) is 12.6 Å². The number of hydrogen-bond donors (Lipinski definition) is 1. The van der Waals surface area contributed by atoms with Gasteiger partial charge in [-0.3, -0.25) is 4.79 Å². The fraction of sp³-hybridized carbons (Fsp3) is 0.556. The number of rotatable bonds is 7. The summed E-state index contributed by atoms with van der Waals surface area (Å²) in [5.74, 6) is 0.595. The Kier molecular flexibility index (Phi) is 4.94. The Balaban J connectivity index is 1.33. The fourth-order valence-corrected chi connectivity index (χ4v) is 3.00. The predicted octanol–water partition coefficient (Wildman–Crippen LogP) is 2.20. The van der Waals surface area contributed by atoms with Gasteiger partial charge in [0, 0.05) is 17.9 Å². The molecule has 1 aromatic carbocycles. The molecule has 8 nitrogen and oxygen atoms in total. The lowest BCUT2D eigenvalue weighted by molar-refractivity contribution is -0.128. The van der Waals surface area contributed by atoms with E-state index in [4.69, 9.17) is 9.47 Å². The molecule has 138 valence electrons. The third-order valence-corrected chi connectivity index (χ3v) is 4.72. The number of carbonyl (C=O) groups is 1. The molecule has 1 N–H and O–H groups in total. The van der Waals surface area contributed by atoms with Gasteiger partial charge in [0.25, 0.3) is 5.91 Å². The Bertz CT molecular complexity index is 750. The van der Waals surface area contributed by atoms with Crippen molar-refractivity contribution >= 4 is 11.6 Å². The van der Waals surface area contributed by atoms with Gasteiger partial charge in [-0.2, -0.15) is 0 Å². The molecule has 1 aliphatic heterocycles. The monoisotopic (exact) mass is 357 g/mol. The Hall–Kier alpha value is -2.32. The van der Waals surface area contributed by atoms with Crippen LogP contribution in [-0.2, 0) is 14.3 Å². The molecule has 0 radical (unpaired) electrons. The van der Waals surface area contributed by atoms with Crippen LogP contribution in [0.4, 0.5) is 5.69 Å². The maximum atomic E-state index is 12.3. The summed E-state index contributed by atoms with van der Waals surface area (Å²) in [4.78, 5) is 12.3. The van der Waals surface area contributed by atoms with E-state index in [1.807, 2.05) is 28.9 Å². The molecule has 2 atom stereocenters. The topological polar surface area (TPSA) is 91.2 Å². The second-order valence-electron chi connectivity index (χ2n) is 6.86. The first-order chi connectivity index (χ1) is 12.7. The molecule has 2 aromatic rings. The minimum absolute atomic E-state index is 0.113. The van der Waals surface area contributed by atoms with Crippen LogP contribution in [0, 0.1) is 0 Å². The summed E-state index contributed by atoms with van der Waals surface area (Å²) in [6.07, 6.45) is 3.88. The van der Waals surface area contributed by atoms with Crippen molar-refractivity contribution in [3.8, 4) is 11.4 Å². The Labute approximate surface area is 151 Å².